The van der Waals surface area contributed by atoms with Crippen molar-refractivity contribution in [2.24, 2.45) is 11.7 Å². The summed E-state index contributed by atoms with van der Waals surface area (Å²) in [6.45, 7) is 0.539. The quantitative estimate of drug-likeness (QED) is 0.841. The van der Waals surface area contributed by atoms with Crippen LogP contribution in [0, 0.1) is 5.92 Å². The van der Waals surface area contributed by atoms with Crippen LogP contribution in [-0.4, -0.2) is 5.91 Å². The number of anilines is 1. The molecule has 17 heavy (non-hydrogen) atoms. The van der Waals surface area contributed by atoms with E-state index in [1.807, 2.05) is 24.3 Å². The first kappa shape index (κ1) is 12.1. The predicted molar refractivity (Wildman–Crippen MR) is 69.5 cm³/mol. The Hall–Kier alpha value is -1.35. The lowest BCUT2D eigenvalue weighted by molar-refractivity contribution is -0.120. The topological polar surface area (TPSA) is 55.1 Å². The summed E-state index contributed by atoms with van der Waals surface area (Å²) >= 11 is 0. The molecule has 0 radical (unpaired) electrons. The summed E-state index contributed by atoms with van der Waals surface area (Å²) in [7, 11) is 0. The highest BCUT2D eigenvalue weighted by Crippen LogP contribution is 2.24. The number of carbonyl (C=O) groups excluding carboxylic acids is 1. The van der Waals surface area contributed by atoms with Crippen LogP contribution in [0.3, 0.4) is 0 Å². The van der Waals surface area contributed by atoms with E-state index in [0.29, 0.717) is 6.54 Å². The molecule has 1 aromatic rings. The predicted octanol–water partition coefficient (Wildman–Crippen LogP) is 2.66. The van der Waals surface area contributed by atoms with E-state index in [1.165, 1.54) is 19.3 Å². The summed E-state index contributed by atoms with van der Waals surface area (Å²) in [4.78, 5) is 12.0. The lowest BCUT2D eigenvalue weighted by Crippen LogP contribution is -2.24. The van der Waals surface area contributed by atoms with Crippen molar-refractivity contribution < 1.29 is 4.79 Å². The average molecular weight is 232 g/mol. The summed E-state index contributed by atoms with van der Waals surface area (Å²) in [5.74, 6) is 0.378. The molecule has 3 nitrogen and oxygen atoms in total. The van der Waals surface area contributed by atoms with Gasteiger partial charge in [0, 0.05) is 18.2 Å². The van der Waals surface area contributed by atoms with Gasteiger partial charge in [-0.15, -0.1) is 0 Å². The number of rotatable bonds is 3. The highest BCUT2D eigenvalue weighted by atomic mass is 16.1. The van der Waals surface area contributed by atoms with Gasteiger partial charge in [-0.3, -0.25) is 4.79 Å². The molecule has 0 unspecified atom stereocenters. The zero-order chi connectivity index (χ0) is 12.1. The maximum atomic E-state index is 12.0. The van der Waals surface area contributed by atoms with Crippen molar-refractivity contribution in [1.82, 2.24) is 0 Å². The van der Waals surface area contributed by atoms with Gasteiger partial charge in [0.1, 0.15) is 0 Å². The van der Waals surface area contributed by atoms with Crippen LogP contribution in [0.15, 0.2) is 24.3 Å². The van der Waals surface area contributed by atoms with Gasteiger partial charge in [0.2, 0.25) is 5.91 Å². The van der Waals surface area contributed by atoms with E-state index in [0.717, 1.165) is 24.1 Å². The minimum Gasteiger partial charge on any atom is -0.326 e. The Bertz CT molecular complexity index is 366. The molecule has 1 aliphatic rings. The van der Waals surface area contributed by atoms with Crippen molar-refractivity contribution in [3.63, 3.8) is 0 Å². The Balaban J connectivity index is 1.92. The van der Waals surface area contributed by atoms with Gasteiger partial charge in [-0.2, -0.15) is 0 Å². The minimum absolute atomic E-state index is 0.171. The van der Waals surface area contributed by atoms with Crippen LogP contribution in [0.25, 0.3) is 0 Å². The maximum Gasteiger partial charge on any atom is 0.227 e. The van der Waals surface area contributed by atoms with Crippen LogP contribution in [-0.2, 0) is 11.3 Å². The highest BCUT2D eigenvalue weighted by Gasteiger charge is 2.20. The Labute approximate surface area is 102 Å². The first-order chi connectivity index (χ1) is 8.29. The summed E-state index contributed by atoms with van der Waals surface area (Å²) in [6, 6.07) is 7.75. The molecule has 1 amide bonds. The molecule has 0 aromatic heterocycles. The van der Waals surface area contributed by atoms with Crippen molar-refractivity contribution in [1.29, 1.82) is 0 Å². The molecule has 0 heterocycles. The van der Waals surface area contributed by atoms with Crippen LogP contribution in [0.1, 0.15) is 37.7 Å². The van der Waals surface area contributed by atoms with Crippen molar-refractivity contribution in [2.75, 3.05) is 5.32 Å². The van der Waals surface area contributed by atoms with E-state index in [-0.39, 0.29) is 11.8 Å². The Kier molecular flexibility index (Phi) is 4.15. The van der Waals surface area contributed by atoms with Crippen LogP contribution < -0.4 is 11.1 Å². The monoisotopic (exact) mass is 232 g/mol. The molecule has 0 spiro atoms. The van der Waals surface area contributed by atoms with Crippen molar-refractivity contribution in [2.45, 2.75) is 38.6 Å². The molecule has 0 bridgehead atoms. The molecule has 2 rings (SSSR count). The second kappa shape index (κ2) is 5.82. The third-order valence-corrected chi connectivity index (χ3v) is 3.43. The normalized spacial score (nSPS) is 16.8. The third kappa shape index (κ3) is 3.30. The lowest BCUT2D eigenvalue weighted by atomic mass is 9.88. The molecule has 0 atom stereocenters. The molecule has 1 fully saturated rings. The standard InChI is InChI=1S/C14H20N2O/c15-10-11-6-8-13(9-7-11)16-14(17)12-4-2-1-3-5-12/h6-9,12H,1-5,10,15H2,(H,16,17). The van der Waals surface area contributed by atoms with E-state index >= 15 is 0 Å². The second-order valence-electron chi connectivity index (χ2n) is 4.73. The van der Waals surface area contributed by atoms with Crippen molar-refractivity contribution >= 4 is 11.6 Å². The molecule has 1 aliphatic carbocycles. The Morgan fingerprint density at radius 3 is 2.41 bits per heavy atom. The number of nitrogens with two attached hydrogens (primary N) is 1. The summed E-state index contributed by atoms with van der Waals surface area (Å²) in [6.07, 6.45) is 5.71. The van der Waals surface area contributed by atoms with Crippen LogP contribution in [0.2, 0.25) is 0 Å². The van der Waals surface area contributed by atoms with Crippen LogP contribution in [0.4, 0.5) is 5.69 Å². The molecule has 3 N–H and O–H groups in total. The van der Waals surface area contributed by atoms with Gasteiger partial charge < -0.3 is 11.1 Å². The van der Waals surface area contributed by atoms with Gasteiger partial charge >= 0.3 is 0 Å². The van der Waals surface area contributed by atoms with E-state index in [4.69, 9.17) is 5.73 Å². The molecule has 1 aromatic carbocycles. The molecule has 0 aliphatic heterocycles. The van der Waals surface area contributed by atoms with E-state index in [9.17, 15) is 4.79 Å². The summed E-state index contributed by atoms with van der Waals surface area (Å²) < 4.78 is 0. The molecule has 3 heteroatoms. The first-order valence-electron chi connectivity index (χ1n) is 6.39. The fourth-order valence-electron chi connectivity index (χ4n) is 2.33. The first-order valence-corrected chi connectivity index (χ1v) is 6.39. The number of amides is 1. The number of hydrogen-bond donors (Lipinski definition) is 2. The van der Waals surface area contributed by atoms with Crippen molar-refractivity contribution in [3.05, 3.63) is 29.8 Å². The Morgan fingerprint density at radius 2 is 1.82 bits per heavy atom. The van der Waals surface area contributed by atoms with E-state index < -0.39 is 0 Å². The number of hydrogen-bond acceptors (Lipinski definition) is 2. The fourth-order valence-corrected chi connectivity index (χ4v) is 2.33. The van der Waals surface area contributed by atoms with E-state index in [1.54, 1.807) is 0 Å². The molecular formula is C14H20N2O. The third-order valence-electron chi connectivity index (χ3n) is 3.43. The Morgan fingerprint density at radius 1 is 1.18 bits per heavy atom. The fraction of sp³-hybridized carbons (Fsp3) is 0.500. The second-order valence-corrected chi connectivity index (χ2v) is 4.73. The summed E-state index contributed by atoms with van der Waals surface area (Å²) in [5, 5.41) is 2.98. The van der Waals surface area contributed by atoms with Gasteiger partial charge in [-0.1, -0.05) is 31.4 Å². The SMILES string of the molecule is NCc1ccc(NC(=O)C2CCCCC2)cc1. The van der Waals surface area contributed by atoms with Gasteiger partial charge in [-0.25, -0.2) is 0 Å². The van der Waals surface area contributed by atoms with Gasteiger partial charge in [0.05, 0.1) is 0 Å². The zero-order valence-electron chi connectivity index (χ0n) is 10.1. The van der Waals surface area contributed by atoms with Gasteiger partial charge in [-0.05, 0) is 30.5 Å². The molecule has 92 valence electrons. The van der Waals surface area contributed by atoms with Gasteiger partial charge in [0.25, 0.3) is 0 Å². The van der Waals surface area contributed by atoms with E-state index in [2.05, 4.69) is 5.32 Å². The van der Waals surface area contributed by atoms with Crippen molar-refractivity contribution in [3.8, 4) is 0 Å². The summed E-state index contributed by atoms with van der Waals surface area (Å²) in [5.41, 5.74) is 7.49. The average Bonchev–Trinajstić information content (AvgIpc) is 2.40. The molecule has 1 saturated carbocycles. The zero-order valence-corrected chi connectivity index (χ0v) is 10.1. The lowest BCUT2D eigenvalue weighted by Gasteiger charge is -2.20. The highest BCUT2D eigenvalue weighted by molar-refractivity contribution is 5.92. The maximum absolute atomic E-state index is 12.0. The number of carbonyl (C=O) groups is 1. The van der Waals surface area contributed by atoms with Crippen LogP contribution in [0.5, 0.6) is 0 Å². The number of benzene rings is 1. The van der Waals surface area contributed by atoms with Crippen LogP contribution >= 0.6 is 0 Å². The largest absolute Gasteiger partial charge is 0.326 e. The molecule has 0 saturated heterocycles. The number of nitrogens with one attached hydrogen (secondary N) is 1. The molecular weight excluding hydrogens is 212 g/mol. The smallest absolute Gasteiger partial charge is 0.227 e. The van der Waals surface area contributed by atoms with Gasteiger partial charge in [0.15, 0.2) is 0 Å². The minimum atomic E-state index is 0.171.